The zero-order valence-corrected chi connectivity index (χ0v) is 18.1. The van der Waals surface area contributed by atoms with Gasteiger partial charge in [-0.3, -0.25) is 4.79 Å². The Morgan fingerprint density at radius 3 is 2.83 bits per heavy atom. The molecule has 7 heteroatoms. The van der Waals surface area contributed by atoms with Crippen molar-refractivity contribution in [3.05, 3.63) is 47.2 Å². The molecule has 2 aliphatic rings. The van der Waals surface area contributed by atoms with Crippen LogP contribution in [-0.2, 0) is 14.3 Å². The minimum absolute atomic E-state index is 0.0157. The maximum absolute atomic E-state index is 12.3. The Kier molecular flexibility index (Phi) is 6.59. The lowest BCUT2D eigenvalue weighted by molar-refractivity contribution is -0.133. The average molecular weight is 427 g/mol. The molecule has 1 saturated heterocycles. The van der Waals surface area contributed by atoms with Crippen molar-refractivity contribution in [1.82, 2.24) is 4.98 Å². The highest BCUT2D eigenvalue weighted by molar-refractivity contribution is 8.11. The van der Waals surface area contributed by atoms with E-state index in [4.69, 9.17) is 19.2 Å². The van der Waals surface area contributed by atoms with Crippen molar-refractivity contribution >= 4 is 39.2 Å². The van der Waals surface area contributed by atoms with E-state index in [1.165, 1.54) is 0 Å². The van der Waals surface area contributed by atoms with Gasteiger partial charge in [0.05, 0.1) is 44.1 Å². The van der Waals surface area contributed by atoms with Crippen LogP contribution in [0.4, 0.5) is 5.69 Å². The molecule has 1 amide bonds. The topological polar surface area (TPSA) is 69.7 Å². The van der Waals surface area contributed by atoms with E-state index in [0.29, 0.717) is 19.8 Å². The zero-order valence-electron chi connectivity index (χ0n) is 17.3. The lowest BCUT2D eigenvalue weighted by Crippen LogP contribution is -2.38. The molecular formula is C23H26N2O4S. The van der Waals surface area contributed by atoms with Gasteiger partial charge in [0, 0.05) is 22.0 Å². The molecule has 0 radical (unpaired) electrons. The third-order valence-electron chi connectivity index (χ3n) is 5.06. The van der Waals surface area contributed by atoms with Gasteiger partial charge in [-0.1, -0.05) is 17.8 Å². The normalized spacial score (nSPS) is 20.7. The van der Waals surface area contributed by atoms with E-state index in [9.17, 15) is 4.79 Å². The third kappa shape index (κ3) is 4.63. The second kappa shape index (κ2) is 9.53. The van der Waals surface area contributed by atoms with Gasteiger partial charge in [0.25, 0.3) is 0 Å². The first-order valence-electron chi connectivity index (χ1n) is 10.3. The SMILES string of the molecule is CCOc1cc(/C2=C/CCC/C=C(\OC)S2)nc2ccc(NC(=O)C3COC3)cc12. The highest BCUT2D eigenvalue weighted by Gasteiger charge is 2.26. The smallest absolute Gasteiger partial charge is 0.232 e. The summed E-state index contributed by atoms with van der Waals surface area (Å²) in [7, 11) is 1.70. The predicted molar refractivity (Wildman–Crippen MR) is 120 cm³/mol. The number of benzene rings is 1. The summed E-state index contributed by atoms with van der Waals surface area (Å²) in [4.78, 5) is 18.2. The highest BCUT2D eigenvalue weighted by Crippen LogP contribution is 2.39. The number of pyridine rings is 1. The van der Waals surface area contributed by atoms with Crippen LogP contribution in [0.2, 0.25) is 0 Å². The molecule has 0 atom stereocenters. The van der Waals surface area contributed by atoms with Crippen LogP contribution in [0, 0.1) is 5.92 Å². The van der Waals surface area contributed by atoms with Gasteiger partial charge in [0.1, 0.15) is 5.75 Å². The summed E-state index contributed by atoms with van der Waals surface area (Å²) in [6, 6.07) is 7.71. The summed E-state index contributed by atoms with van der Waals surface area (Å²) in [6.45, 7) is 3.48. The fourth-order valence-electron chi connectivity index (χ4n) is 3.35. The summed E-state index contributed by atoms with van der Waals surface area (Å²) in [5.41, 5.74) is 2.43. The standard InChI is InChI=1S/C23H26N2O4S/c1-3-29-20-12-19(21-7-5-4-6-8-22(27-2)30-21)25-18-10-9-16(11-17(18)20)24-23(26)15-13-28-14-15/h7-12,15H,3-6,13-14H2,1-2H3,(H,24,26)/b21-7-,22-8+. The molecule has 0 unspecified atom stereocenters. The summed E-state index contributed by atoms with van der Waals surface area (Å²) < 4.78 is 16.6. The predicted octanol–water partition coefficient (Wildman–Crippen LogP) is 4.96. The molecule has 30 heavy (non-hydrogen) atoms. The van der Waals surface area contributed by atoms with Crippen molar-refractivity contribution in [3.8, 4) is 5.75 Å². The number of allylic oxidation sites excluding steroid dienone is 2. The number of carbonyl (C=O) groups is 1. The number of thioether (sulfide) groups is 1. The minimum Gasteiger partial charge on any atom is -0.493 e. The van der Waals surface area contributed by atoms with Gasteiger partial charge in [-0.15, -0.1) is 0 Å². The van der Waals surface area contributed by atoms with Crippen molar-refractivity contribution < 1.29 is 19.0 Å². The molecule has 6 nitrogen and oxygen atoms in total. The van der Waals surface area contributed by atoms with E-state index >= 15 is 0 Å². The summed E-state index contributed by atoms with van der Waals surface area (Å²) in [6.07, 6.45) is 7.43. The lowest BCUT2D eigenvalue weighted by atomic mass is 10.1. The number of aromatic nitrogens is 1. The number of nitrogens with zero attached hydrogens (tertiary/aromatic N) is 1. The number of hydrogen-bond donors (Lipinski definition) is 1. The Morgan fingerprint density at radius 2 is 2.10 bits per heavy atom. The highest BCUT2D eigenvalue weighted by atomic mass is 32.2. The van der Waals surface area contributed by atoms with E-state index < -0.39 is 0 Å². The average Bonchev–Trinajstić information content (AvgIpc) is 2.67. The van der Waals surface area contributed by atoms with Crippen LogP contribution in [0.25, 0.3) is 15.8 Å². The van der Waals surface area contributed by atoms with Crippen LogP contribution in [-0.4, -0.2) is 37.8 Å². The van der Waals surface area contributed by atoms with Crippen molar-refractivity contribution in [2.75, 3.05) is 32.2 Å². The van der Waals surface area contributed by atoms with E-state index in [-0.39, 0.29) is 11.8 Å². The number of hydrogen-bond acceptors (Lipinski definition) is 6. The first-order valence-corrected chi connectivity index (χ1v) is 11.1. The van der Waals surface area contributed by atoms with Gasteiger partial charge >= 0.3 is 0 Å². The maximum atomic E-state index is 12.3. The maximum Gasteiger partial charge on any atom is 0.232 e. The van der Waals surface area contributed by atoms with Crippen molar-refractivity contribution in [3.63, 3.8) is 0 Å². The monoisotopic (exact) mass is 426 g/mol. The number of anilines is 1. The molecular weight excluding hydrogens is 400 g/mol. The van der Waals surface area contributed by atoms with Crippen LogP contribution in [0.15, 0.2) is 41.5 Å². The second-order valence-corrected chi connectivity index (χ2v) is 8.27. The molecule has 2 aromatic rings. The number of fused-ring (bicyclic) bond motifs is 1. The molecule has 2 aliphatic heterocycles. The molecule has 1 aromatic carbocycles. The largest absolute Gasteiger partial charge is 0.493 e. The Bertz CT molecular complexity index is 998. The van der Waals surface area contributed by atoms with Crippen molar-refractivity contribution in [2.45, 2.75) is 26.2 Å². The number of rotatable bonds is 6. The molecule has 0 spiro atoms. The number of ether oxygens (including phenoxy) is 3. The lowest BCUT2D eigenvalue weighted by Gasteiger charge is -2.24. The molecule has 0 saturated carbocycles. The van der Waals surface area contributed by atoms with Gasteiger partial charge in [-0.25, -0.2) is 4.98 Å². The molecule has 0 aliphatic carbocycles. The Balaban J connectivity index is 1.67. The summed E-state index contributed by atoms with van der Waals surface area (Å²) >= 11 is 1.59. The molecule has 3 heterocycles. The van der Waals surface area contributed by atoms with Crippen molar-refractivity contribution in [2.24, 2.45) is 5.92 Å². The van der Waals surface area contributed by atoms with Gasteiger partial charge in [-0.05, 0) is 50.5 Å². The van der Waals surface area contributed by atoms with Crippen LogP contribution in [0.3, 0.4) is 0 Å². The van der Waals surface area contributed by atoms with Crippen LogP contribution >= 0.6 is 11.8 Å². The number of methoxy groups -OCH3 is 1. The molecule has 1 aromatic heterocycles. The fourth-order valence-corrected chi connectivity index (χ4v) is 4.26. The quantitative estimate of drug-likeness (QED) is 0.704. The number of amides is 1. The van der Waals surface area contributed by atoms with E-state index in [1.54, 1.807) is 18.9 Å². The first-order chi connectivity index (χ1) is 14.7. The fraction of sp³-hybridized carbons (Fsp3) is 0.391. The Hall–Kier alpha value is -2.51. The van der Waals surface area contributed by atoms with Gasteiger partial charge in [0.15, 0.2) is 5.09 Å². The molecule has 158 valence electrons. The molecule has 0 bridgehead atoms. The summed E-state index contributed by atoms with van der Waals surface area (Å²) in [5.74, 6) is 0.670. The van der Waals surface area contributed by atoms with E-state index in [0.717, 1.165) is 57.3 Å². The zero-order chi connectivity index (χ0) is 20.9. The first kappa shape index (κ1) is 20.8. The van der Waals surface area contributed by atoms with Crippen molar-refractivity contribution in [1.29, 1.82) is 0 Å². The Morgan fingerprint density at radius 1 is 1.27 bits per heavy atom. The molecule has 4 rings (SSSR count). The second-order valence-electron chi connectivity index (χ2n) is 7.22. The van der Waals surface area contributed by atoms with Crippen LogP contribution in [0.5, 0.6) is 5.75 Å². The number of nitrogens with one attached hydrogen (secondary N) is 1. The Labute approximate surface area is 180 Å². The van der Waals surface area contributed by atoms with Crippen LogP contribution < -0.4 is 10.1 Å². The summed E-state index contributed by atoms with van der Waals surface area (Å²) in [5, 5.41) is 4.74. The van der Waals surface area contributed by atoms with Crippen LogP contribution in [0.1, 0.15) is 31.9 Å². The number of carbonyl (C=O) groups excluding carboxylic acids is 1. The minimum atomic E-state index is -0.0705. The molecule has 1 fully saturated rings. The van der Waals surface area contributed by atoms with E-state index in [2.05, 4.69) is 17.5 Å². The van der Waals surface area contributed by atoms with E-state index in [1.807, 2.05) is 31.2 Å². The van der Waals surface area contributed by atoms with Gasteiger partial charge < -0.3 is 19.5 Å². The molecule has 1 N–H and O–H groups in total. The van der Waals surface area contributed by atoms with Gasteiger partial charge in [0.2, 0.25) is 5.91 Å². The van der Waals surface area contributed by atoms with Gasteiger partial charge in [-0.2, -0.15) is 0 Å². The third-order valence-corrected chi connectivity index (χ3v) is 6.19.